The second-order valence-corrected chi connectivity index (χ2v) is 3.08. The highest BCUT2D eigenvalue weighted by Gasteiger charge is 2.38. The van der Waals surface area contributed by atoms with Crippen LogP contribution in [0.5, 0.6) is 0 Å². The summed E-state index contributed by atoms with van der Waals surface area (Å²) in [5.41, 5.74) is 5.06. The standard InChI is InChI=1S/C5H5N3O.2C2HF3O2/c6-5(9)4-2-1-3-7-8-4;2*3-2(4,5)1(6)7/h1-3H,(H2,6,9);2*(H,6,7). The number of carboxylic acids is 2. The molecular weight excluding hydrogens is 344 g/mol. The third-order valence-corrected chi connectivity index (χ3v) is 1.31. The number of carbonyl (C=O) groups excluding carboxylic acids is 1. The third-order valence-electron chi connectivity index (χ3n) is 1.31. The number of hydrogen-bond acceptors (Lipinski definition) is 5. The molecule has 0 atom stereocenters. The van der Waals surface area contributed by atoms with E-state index in [1.807, 2.05) is 0 Å². The molecule has 1 aromatic heterocycles. The Morgan fingerprint density at radius 1 is 0.957 bits per heavy atom. The molecule has 1 heterocycles. The van der Waals surface area contributed by atoms with Gasteiger partial charge in [-0.15, -0.1) is 5.10 Å². The highest BCUT2D eigenvalue weighted by Crippen LogP contribution is 2.13. The van der Waals surface area contributed by atoms with Gasteiger partial charge in [-0.2, -0.15) is 31.4 Å². The maximum atomic E-state index is 10.6. The van der Waals surface area contributed by atoms with Crippen LogP contribution in [0.2, 0.25) is 0 Å². The van der Waals surface area contributed by atoms with Crippen LogP contribution in [0.3, 0.4) is 0 Å². The molecule has 130 valence electrons. The molecule has 0 saturated heterocycles. The van der Waals surface area contributed by atoms with E-state index in [1.165, 1.54) is 12.3 Å². The highest BCUT2D eigenvalue weighted by molar-refractivity contribution is 5.90. The number of hydrogen-bond donors (Lipinski definition) is 3. The van der Waals surface area contributed by atoms with E-state index in [-0.39, 0.29) is 5.69 Å². The Bertz CT molecular complexity index is 507. The average Bonchev–Trinajstić information content (AvgIpc) is 2.38. The summed E-state index contributed by atoms with van der Waals surface area (Å²) in [6.45, 7) is 0. The van der Waals surface area contributed by atoms with Crippen molar-refractivity contribution in [3.63, 3.8) is 0 Å². The van der Waals surface area contributed by atoms with Crippen LogP contribution in [0, 0.1) is 0 Å². The van der Waals surface area contributed by atoms with Gasteiger partial charge in [0, 0.05) is 6.20 Å². The van der Waals surface area contributed by atoms with Crippen molar-refractivity contribution in [2.75, 3.05) is 0 Å². The normalized spacial score (nSPS) is 10.3. The Hall–Kier alpha value is -2.93. The van der Waals surface area contributed by atoms with Crippen LogP contribution in [-0.2, 0) is 9.59 Å². The molecule has 1 rings (SSSR count). The molecule has 0 aliphatic carbocycles. The quantitative estimate of drug-likeness (QED) is 0.636. The van der Waals surface area contributed by atoms with Crippen molar-refractivity contribution >= 4 is 17.8 Å². The number of halogens is 6. The Kier molecular flexibility index (Phi) is 8.90. The van der Waals surface area contributed by atoms with Gasteiger partial charge in [0.05, 0.1) is 0 Å². The lowest BCUT2D eigenvalue weighted by Gasteiger charge is -1.93. The van der Waals surface area contributed by atoms with Gasteiger partial charge >= 0.3 is 24.3 Å². The van der Waals surface area contributed by atoms with Crippen LogP contribution in [0.25, 0.3) is 0 Å². The smallest absolute Gasteiger partial charge is 0.475 e. The van der Waals surface area contributed by atoms with Crippen molar-refractivity contribution in [1.29, 1.82) is 0 Å². The third kappa shape index (κ3) is 12.5. The maximum absolute atomic E-state index is 10.6. The van der Waals surface area contributed by atoms with Crippen LogP contribution < -0.4 is 5.73 Å². The van der Waals surface area contributed by atoms with Gasteiger partial charge in [-0.05, 0) is 12.1 Å². The number of rotatable bonds is 1. The largest absolute Gasteiger partial charge is 0.490 e. The lowest BCUT2D eigenvalue weighted by Crippen LogP contribution is -2.21. The summed E-state index contributed by atoms with van der Waals surface area (Å²) < 4.78 is 63.5. The molecule has 14 heteroatoms. The molecule has 0 bridgehead atoms. The number of carboxylic acid groups (broad SMARTS) is 2. The van der Waals surface area contributed by atoms with Crippen LogP contribution in [0.1, 0.15) is 10.5 Å². The first-order valence-corrected chi connectivity index (χ1v) is 4.87. The summed E-state index contributed by atoms with van der Waals surface area (Å²) in [5, 5.41) is 21.2. The summed E-state index contributed by atoms with van der Waals surface area (Å²) >= 11 is 0. The number of alkyl halides is 6. The van der Waals surface area contributed by atoms with Crippen molar-refractivity contribution in [1.82, 2.24) is 10.2 Å². The Morgan fingerprint density at radius 3 is 1.43 bits per heavy atom. The zero-order valence-corrected chi connectivity index (χ0v) is 10.6. The van der Waals surface area contributed by atoms with Crippen LogP contribution in [-0.4, -0.2) is 50.6 Å². The molecule has 0 aliphatic heterocycles. The van der Waals surface area contributed by atoms with E-state index in [0.29, 0.717) is 0 Å². The van der Waals surface area contributed by atoms with E-state index in [4.69, 9.17) is 25.5 Å². The number of carbonyl (C=O) groups is 3. The van der Waals surface area contributed by atoms with Crippen LogP contribution in [0.4, 0.5) is 26.3 Å². The minimum atomic E-state index is -5.08. The fraction of sp³-hybridized carbons (Fsp3) is 0.222. The highest BCUT2D eigenvalue weighted by atomic mass is 19.4. The van der Waals surface area contributed by atoms with Gasteiger partial charge in [-0.1, -0.05) is 0 Å². The minimum absolute atomic E-state index is 0.192. The molecule has 0 saturated carbocycles. The summed E-state index contributed by atoms with van der Waals surface area (Å²) in [6, 6.07) is 3.11. The van der Waals surface area contributed by atoms with E-state index < -0.39 is 30.2 Å². The Balaban J connectivity index is 0. The molecule has 0 spiro atoms. The number of nitrogens with zero attached hydrogens (tertiary/aromatic N) is 2. The first-order valence-electron chi connectivity index (χ1n) is 4.87. The van der Waals surface area contributed by atoms with Gasteiger partial charge in [-0.3, -0.25) is 4.79 Å². The number of aromatic nitrogens is 2. The van der Waals surface area contributed by atoms with Gasteiger partial charge in [0.15, 0.2) is 5.69 Å². The number of primary amides is 1. The summed E-state index contributed by atoms with van der Waals surface area (Å²) in [5.74, 6) is -6.07. The molecular formula is C9H7F6N3O5. The fourth-order valence-electron chi connectivity index (χ4n) is 0.433. The topological polar surface area (TPSA) is 143 Å². The molecule has 0 fully saturated rings. The number of aliphatic carboxylic acids is 2. The molecule has 23 heavy (non-hydrogen) atoms. The fourth-order valence-corrected chi connectivity index (χ4v) is 0.433. The van der Waals surface area contributed by atoms with Crippen molar-refractivity contribution in [2.24, 2.45) is 5.73 Å². The lowest BCUT2D eigenvalue weighted by molar-refractivity contribution is -0.193. The van der Waals surface area contributed by atoms with Crippen molar-refractivity contribution in [2.45, 2.75) is 12.4 Å². The molecule has 8 nitrogen and oxygen atoms in total. The van der Waals surface area contributed by atoms with E-state index in [1.54, 1.807) is 6.07 Å². The van der Waals surface area contributed by atoms with E-state index in [2.05, 4.69) is 10.2 Å². The molecule has 0 aliphatic rings. The molecule has 1 amide bonds. The minimum Gasteiger partial charge on any atom is -0.475 e. The lowest BCUT2D eigenvalue weighted by atomic mass is 10.4. The summed E-state index contributed by atoms with van der Waals surface area (Å²) in [7, 11) is 0. The first kappa shape index (κ1) is 22.4. The molecule has 0 unspecified atom stereocenters. The SMILES string of the molecule is NC(=O)c1cccnn1.O=C(O)C(F)(F)F.O=C(O)C(F)(F)F. The van der Waals surface area contributed by atoms with Gasteiger partial charge in [0.25, 0.3) is 5.91 Å². The molecule has 4 N–H and O–H groups in total. The Labute approximate surface area is 122 Å². The Morgan fingerprint density at radius 2 is 1.30 bits per heavy atom. The predicted molar refractivity (Wildman–Crippen MR) is 57.9 cm³/mol. The molecule has 0 radical (unpaired) electrons. The average molecular weight is 351 g/mol. The molecule has 1 aromatic rings. The zero-order valence-electron chi connectivity index (χ0n) is 10.6. The maximum Gasteiger partial charge on any atom is 0.490 e. The second-order valence-electron chi connectivity index (χ2n) is 3.08. The van der Waals surface area contributed by atoms with Crippen LogP contribution >= 0.6 is 0 Å². The van der Waals surface area contributed by atoms with Crippen molar-refractivity contribution in [3.05, 3.63) is 24.0 Å². The van der Waals surface area contributed by atoms with Crippen molar-refractivity contribution < 1.29 is 50.9 Å². The summed E-state index contributed by atoms with van der Waals surface area (Å²) in [6.07, 6.45) is -8.69. The van der Waals surface area contributed by atoms with E-state index >= 15 is 0 Å². The predicted octanol–water partition coefficient (Wildman–Crippen LogP) is 0.842. The number of amides is 1. The zero-order chi connectivity index (χ0) is 18.8. The van der Waals surface area contributed by atoms with Crippen LogP contribution in [0.15, 0.2) is 18.3 Å². The van der Waals surface area contributed by atoms with E-state index in [0.717, 1.165) is 0 Å². The van der Waals surface area contributed by atoms with Gasteiger partial charge < -0.3 is 15.9 Å². The van der Waals surface area contributed by atoms with E-state index in [9.17, 15) is 31.1 Å². The number of nitrogens with two attached hydrogens (primary N) is 1. The summed E-state index contributed by atoms with van der Waals surface area (Å²) in [4.78, 5) is 28.1. The van der Waals surface area contributed by atoms with Gasteiger partial charge in [0.2, 0.25) is 0 Å². The van der Waals surface area contributed by atoms with Crippen molar-refractivity contribution in [3.8, 4) is 0 Å². The van der Waals surface area contributed by atoms with Gasteiger partial charge in [0.1, 0.15) is 0 Å². The van der Waals surface area contributed by atoms with Gasteiger partial charge in [-0.25, -0.2) is 9.59 Å². The first-order chi connectivity index (χ1) is 10.2. The second kappa shape index (κ2) is 9.16. The monoisotopic (exact) mass is 351 g/mol. The molecule has 0 aromatic carbocycles.